The van der Waals surface area contributed by atoms with Gasteiger partial charge in [-0.1, -0.05) is 12.8 Å². The fourth-order valence-electron chi connectivity index (χ4n) is 1.80. The van der Waals surface area contributed by atoms with E-state index >= 15 is 0 Å². The summed E-state index contributed by atoms with van der Waals surface area (Å²) in [5.41, 5.74) is 0. The molecule has 1 aliphatic carbocycles. The van der Waals surface area contributed by atoms with Crippen LogP contribution in [0, 0.1) is 0 Å². The van der Waals surface area contributed by atoms with Crippen LogP contribution in [0.4, 0.5) is 6.01 Å². The lowest BCUT2D eigenvalue weighted by atomic mass is 10.1. The highest BCUT2D eigenvalue weighted by Crippen LogP contribution is 2.34. The molecule has 1 aromatic heterocycles. The van der Waals surface area contributed by atoms with Gasteiger partial charge in [-0.2, -0.15) is 0 Å². The quantitative estimate of drug-likeness (QED) is 0.733. The van der Waals surface area contributed by atoms with Gasteiger partial charge in [0.05, 0.1) is 6.20 Å². The van der Waals surface area contributed by atoms with Crippen LogP contribution in [0.2, 0.25) is 0 Å². The van der Waals surface area contributed by atoms with E-state index in [9.17, 15) is 0 Å². The summed E-state index contributed by atoms with van der Waals surface area (Å²) in [6.45, 7) is 0. The second-order valence-electron chi connectivity index (χ2n) is 3.30. The van der Waals surface area contributed by atoms with Crippen molar-refractivity contribution in [3.05, 3.63) is 12.0 Å². The molecule has 0 aromatic carbocycles. The standard InChI is InChI=1S/C9H14N2O/c1-10-9-11-6-8(12-9)7-4-2-3-5-7/h6-7H,2-5H2,1H3,(H,10,11). The molecule has 0 unspecified atom stereocenters. The van der Waals surface area contributed by atoms with Crippen LogP contribution in [0.3, 0.4) is 0 Å². The summed E-state index contributed by atoms with van der Waals surface area (Å²) in [6.07, 6.45) is 7.04. The molecular formula is C9H14N2O. The molecule has 0 aliphatic heterocycles. The Morgan fingerprint density at radius 2 is 2.25 bits per heavy atom. The Morgan fingerprint density at radius 1 is 1.50 bits per heavy atom. The third-order valence-electron chi connectivity index (χ3n) is 2.49. The summed E-state index contributed by atoms with van der Waals surface area (Å²) >= 11 is 0. The van der Waals surface area contributed by atoms with Gasteiger partial charge in [0.25, 0.3) is 6.01 Å². The van der Waals surface area contributed by atoms with Crippen LogP contribution in [0.25, 0.3) is 0 Å². The zero-order chi connectivity index (χ0) is 8.39. The van der Waals surface area contributed by atoms with Crippen LogP contribution >= 0.6 is 0 Å². The van der Waals surface area contributed by atoms with E-state index in [0.29, 0.717) is 11.9 Å². The van der Waals surface area contributed by atoms with Gasteiger partial charge >= 0.3 is 0 Å². The first kappa shape index (κ1) is 7.65. The van der Waals surface area contributed by atoms with Gasteiger partial charge in [-0.05, 0) is 12.8 Å². The molecule has 0 bridgehead atoms. The smallest absolute Gasteiger partial charge is 0.294 e. The topological polar surface area (TPSA) is 38.1 Å². The number of anilines is 1. The second kappa shape index (κ2) is 3.17. The highest BCUT2D eigenvalue weighted by atomic mass is 16.4. The van der Waals surface area contributed by atoms with E-state index in [1.165, 1.54) is 25.7 Å². The van der Waals surface area contributed by atoms with Crippen molar-refractivity contribution in [1.29, 1.82) is 0 Å². The maximum Gasteiger partial charge on any atom is 0.294 e. The number of hydrogen-bond acceptors (Lipinski definition) is 3. The molecule has 0 saturated heterocycles. The van der Waals surface area contributed by atoms with Gasteiger partial charge in [-0.3, -0.25) is 0 Å². The summed E-state index contributed by atoms with van der Waals surface area (Å²) in [7, 11) is 1.82. The van der Waals surface area contributed by atoms with Gasteiger partial charge < -0.3 is 9.73 Å². The van der Waals surface area contributed by atoms with Crippen molar-refractivity contribution >= 4 is 6.01 Å². The Bertz CT molecular complexity index is 251. The minimum Gasteiger partial charge on any atom is -0.428 e. The molecule has 0 spiro atoms. The highest BCUT2D eigenvalue weighted by molar-refractivity contribution is 5.20. The van der Waals surface area contributed by atoms with Crippen molar-refractivity contribution in [3.8, 4) is 0 Å². The third kappa shape index (κ3) is 1.31. The number of rotatable bonds is 2. The highest BCUT2D eigenvalue weighted by Gasteiger charge is 2.20. The minimum atomic E-state index is 0.625. The Hall–Kier alpha value is -0.990. The second-order valence-corrected chi connectivity index (χ2v) is 3.30. The van der Waals surface area contributed by atoms with Gasteiger partial charge in [-0.25, -0.2) is 4.98 Å². The SMILES string of the molecule is CNc1ncc(C2CCCC2)o1. The summed E-state index contributed by atoms with van der Waals surface area (Å²) in [6, 6.07) is 0.636. The van der Waals surface area contributed by atoms with Gasteiger partial charge in [0.1, 0.15) is 5.76 Å². The molecule has 2 rings (SSSR count). The first-order valence-corrected chi connectivity index (χ1v) is 4.53. The molecule has 3 heteroatoms. The zero-order valence-corrected chi connectivity index (χ0v) is 7.34. The lowest BCUT2D eigenvalue weighted by molar-refractivity contribution is 0.473. The predicted octanol–water partition coefficient (Wildman–Crippen LogP) is 2.37. The van der Waals surface area contributed by atoms with Crippen LogP contribution in [0.1, 0.15) is 37.4 Å². The predicted molar refractivity (Wildman–Crippen MR) is 47.3 cm³/mol. The normalized spacial score (nSPS) is 18.4. The Morgan fingerprint density at radius 3 is 2.83 bits per heavy atom. The van der Waals surface area contributed by atoms with Crippen LogP contribution in [-0.2, 0) is 0 Å². The monoisotopic (exact) mass is 166 g/mol. The van der Waals surface area contributed by atoms with Crippen molar-refractivity contribution in [2.75, 3.05) is 12.4 Å². The van der Waals surface area contributed by atoms with Crippen molar-refractivity contribution < 1.29 is 4.42 Å². The lowest BCUT2D eigenvalue weighted by Gasteiger charge is -2.01. The molecule has 66 valence electrons. The van der Waals surface area contributed by atoms with Crippen LogP contribution < -0.4 is 5.32 Å². The Kier molecular flexibility index (Phi) is 2.02. The number of nitrogens with zero attached hydrogens (tertiary/aromatic N) is 1. The average molecular weight is 166 g/mol. The van der Waals surface area contributed by atoms with Crippen LogP contribution in [-0.4, -0.2) is 12.0 Å². The van der Waals surface area contributed by atoms with E-state index < -0.39 is 0 Å². The first-order chi connectivity index (χ1) is 5.90. The Balaban J connectivity index is 2.11. The molecule has 0 atom stereocenters. The Labute approximate surface area is 72.2 Å². The van der Waals surface area contributed by atoms with E-state index in [-0.39, 0.29) is 0 Å². The van der Waals surface area contributed by atoms with Gasteiger partial charge in [0, 0.05) is 13.0 Å². The van der Waals surface area contributed by atoms with Crippen molar-refractivity contribution in [2.45, 2.75) is 31.6 Å². The molecule has 3 nitrogen and oxygen atoms in total. The van der Waals surface area contributed by atoms with E-state index in [1.54, 1.807) is 0 Å². The fraction of sp³-hybridized carbons (Fsp3) is 0.667. The van der Waals surface area contributed by atoms with Gasteiger partial charge in [0.15, 0.2) is 0 Å². The molecule has 1 aliphatic rings. The van der Waals surface area contributed by atoms with Crippen molar-refractivity contribution in [3.63, 3.8) is 0 Å². The largest absolute Gasteiger partial charge is 0.428 e. The molecule has 0 radical (unpaired) electrons. The van der Waals surface area contributed by atoms with Gasteiger partial charge in [-0.15, -0.1) is 0 Å². The fourth-order valence-corrected chi connectivity index (χ4v) is 1.80. The summed E-state index contributed by atoms with van der Waals surface area (Å²) < 4.78 is 5.49. The maximum absolute atomic E-state index is 5.49. The van der Waals surface area contributed by atoms with Crippen LogP contribution in [0.5, 0.6) is 0 Å². The van der Waals surface area contributed by atoms with Gasteiger partial charge in [0.2, 0.25) is 0 Å². The molecule has 0 amide bonds. The number of oxazole rings is 1. The van der Waals surface area contributed by atoms with Crippen LogP contribution in [0.15, 0.2) is 10.6 Å². The molecule has 1 saturated carbocycles. The number of nitrogens with one attached hydrogen (secondary N) is 1. The molecule has 1 aromatic rings. The molecule has 1 heterocycles. The van der Waals surface area contributed by atoms with E-state index in [2.05, 4.69) is 10.3 Å². The third-order valence-corrected chi connectivity index (χ3v) is 2.49. The number of hydrogen-bond donors (Lipinski definition) is 1. The van der Waals surface area contributed by atoms with Crippen molar-refractivity contribution in [1.82, 2.24) is 4.98 Å². The summed E-state index contributed by atoms with van der Waals surface area (Å²) in [5, 5.41) is 2.89. The minimum absolute atomic E-state index is 0.625. The van der Waals surface area contributed by atoms with E-state index in [0.717, 1.165) is 5.76 Å². The lowest BCUT2D eigenvalue weighted by Crippen LogP contribution is -1.88. The molecule has 12 heavy (non-hydrogen) atoms. The zero-order valence-electron chi connectivity index (χ0n) is 7.34. The first-order valence-electron chi connectivity index (χ1n) is 4.53. The molecular weight excluding hydrogens is 152 g/mol. The summed E-state index contributed by atoms with van der Waals surface area (Å²) in [4.78, 5) is 4.10. The van der Waals surface area contributed by atoms with Crippen molar-refractivity contribution in [2.24, 2.45) is 0 Å². The van der Waals surface area contributed by atoms with E-state index in [1.807, 2.05) is 13.2 Å². The number of aromatic nitrogens is 1. The molecule has 1 N–H and O–H groups in total. The molecule has 1 fully saturated rings. The summed E-state index contributed by atoms with van der Waals surface area (Å²) in [5.74, 6) is 1.68. The average Bonchev–Trinajstić information content (AvgIpc) is 2.75. The van der Waals surface area contributed by atoms with E-state index in [4.69, 9.17) is 4.42 Å². The maximum atomic E-state index is 5.49.